The van der Waals surface area contributed by atoms with Crippen molar-refractivity contribution >= 4 is 50.9 Å². The van der Waals surface area contributed by atoms with Crippen LogP contribution in [0.4, 0.5) is 4.79 Å². The Labute approximate surface area is 247 Å². The summed E-state index contributed by atoms with van der Waals surface area (Å²) in [6.45, 7) is 9.15. The topological polar surface area (TPSA) is 100 Å². The Hall–Kier alpha value is -2.98. The summed E-state index contributed by atoms with van der Waals surface area (Å²) in [6.07, 6.45) is 5.20. The van der Waals surface area contributed by atoms with Gasteiger partial charge in [-0.25, -0.2) is 0 Å². The molecule has 0 aliphatic carbocycles. The van der Waals surface area contributed by atoms with Gasteiger partial charge in [0.2, 0.25) is 0 Å². The van der Waals surface area contributed by atoms with Gasteiger partial charge in [-0.2, -0.15) is 0 Å². The van der Waals surface area contributed by atoms with Crippen LogP contribution in [0.3, 0.4) is 0 Å². The molecule has 0 bridgehead atoms. The van der Waals surface area contributed by atoms with Crippen LogP contribution in [-0.2, 0) is 20.7 Å². The number of thioether (sulfide) groups is 1. The number of rotatable bonds is 10. The maximum atomic E-state index is 11.8. The molecule has 4 rings (SSSR count). The van der Waals surface area contributed by atoms with Crippen molar-refractivity contribution in [2.24, 2.45) is 0 Å². The molecule has 1 N–H and O–H groups in total. The van der Waals surface area contributed by atoms with Gasteiger partial charge in [-0.15, -0.1) is 0 Å². The number of amides is 2. The zero-order chi connectivity index (χ0) is 29.0. The maximum Gasteiger partial charge on any atom is 0.305 e. The number of unbranched alkanes of at least 4 members (excludes halogenated alkanes) is 1. The van der Waals surface area contributed by atoms with Gasteiger partial charge in [0, 0.05) is 12.0 Å². The van der Waals surface area contributed by atoms with Crippen LogP contribution in [0.15, 0.2) is 27.6 Å². The molecule has 0 aromatic heterocycles. The normalized spacial score (nSPS) is 19.2. The Morgan fingerprint density at radius 1 is 1.15 bits per heavy atom. The number of imide groups is 1. The van der Waals surface area contributed by atoms with E-state index in [1.54, 1.807) is 6.08 Å². The maximum absolute atomic E-state index is 11.8. The van der Waals surface area contributed by atoms with Crippen LogP contribution in [-0.4, -0.2) is 43.0 Å². The number of hydrogen-bond acceptors (Lipinski definition) is 8. The van der Waals surface area contributed by atoms with Crippen LogP contribution in [0.2, 0.25) is 0 Å². The van der Waals surface area contributed by atoms with Crippen molar-refractivity contribution < 1.29 is 33.3 Å². The fourth-order valence-corrected chi connectivity index (χ4v) is 5.97. The molecule has 2 aliphatic heterocycles. The summed E-state index contributed by atoms with van der Waals surface area (Å²) in [5.74, 6) is 1.88. The van der Waals surface area contributed by atoms with Crippen LogP contribution >= 0.6 is 27.7 Å². The summed E-state index contributed by atoms with van der Waals surface area (Å²) in [5, 5.41) is 1.89. The number of benzene rings is 2. The minimum absolute atomic E-state index is 0.198. The van der Waals surface area contributed by atoms with Crippen molar-refractivity contribution in [2.45, 2.75) is 65.4 Å². The SMILES string of the molecule is COC(=O)CCCCOc1c(C)c(C)c2c(c1C)CCC(C)(COc1ccc(/C=C3/SC(=O)NC3=O)cc1Br)O2. The second-order valence-electron chi connectivity index (χ2n) is 10.3. The first kappa shape index (κ1) is 30.0. The van der Waals surface area contributed by atoms with E-state index in [-0.39, 0.29) is 17.1 Å². The Kier molecular flexibility index (Phi) is 9.51. The highest BCUT2D eigenvalue weighted by Crippen LogP contribution is 2.44. The van der Waals surface area contributed by atoms with E-state index in [1.807, 2.05) is 18.2 Å². The number of hydrogen-bond donors (Lipinski definition) is 1. The number of fused-ring (bicyclic) bond motifs is 1. The van der Waals surface area contributed by atoms with Gasteiger partial charge in [-0.05, 0) is 122 Å². The predicted octanol–water partition coefficient (Wildman–Crippen LogP) is 6.58. The molecule has 2 amide bonds. The van der Waals surface area contributed by atoms with Crippen LogP contribution in [0, 0.1) is 20.8 Å². The van der Waals surface area contributed by atoms with Crippen LogP contribution in [0.25, 0.3) is 6.08 Å². The summed E-state index contributed by atoms with van der Waals surface area (Å²) < 4.78 is 24.4. The molecule has 1 saturated heterocycles. The van der Waals surface area contributed by atoms with Gasteiger partial charge in [0.25, 0.3) is 11.1 Å². The molecule has 2 aromatic carbocycles. The molecule has 1 fully saturated rings. The Morgan fingerprint density at radius 2 is 1.93 bits per heavy atom. The van der Waals surface area contributed by atoms with Crippen molar-refractivity contribution in [1.82, 2.24) is 5.32 Å². The number of carbonyl (C=O) groups excluding carboxylic acids is 3. The van der Waals surface area contributed by atoms with Gasteiger partial charge in [-0.1, -0.05) is 6.07 Å². The number of carbonyl (C=O) groups is 3. The van der Waals surface area contributed by atoms with Gasteiger partial charge in [0.15, 0.2) is 0 Å². The summed E-state index contributed by atoms with van der Waals surface area (Å²) in [4.78, 5) is 34.9. The Balaban J connectivity index is 1.41. The van der Waals surface area contributed by atoms with E-state index in [9.17, 15) is 14.4 Å². The molecule has 214 valence electrons. The third-order valence-electron chi connectivity index (χ3n) is 7.24. The van der Waals surface area contributed by atoms with Crippen molar-refractivity contribution in [2.75, 3.05) is 20.3 Å². The predicted molar refractivity (Wildman–Crippen MR) is 158 cm³/mol. The average Bonchev–Trinajstić information content (AvgIpc) is 3.24. The number of methoxy groups -OCH3 is 1. The first-order valence-corrected chi connectivity index (χ1v) is 14.8. The summed E-state index contributed by atoms with van der Waals surface area (Å²) in [5.41, 5.74) is 4.63. The molecule has 1 unspecified atom stereocenters. The summed E-state index contributed by atoms with van der Waals surface area (Å²) >= 11 is 4.45. The van der Waals surface area contributed by atoms with Gasteiger partial charge in [-0.3, -0.25) is 19.7 Å². The van der Waals surface area contributed by atoms with E-state index in [0.29, 0.717) is 30.3 Å². The number of ether oxygens (including phenoxy) is 4. The van der Waals surface area contributed by atoms with E-state index in [4.69, 9.17) is 18.9 Å². The fraction of sp³-hybridized carbons (Fsp3) is 0.433. The van der Waals surface area contributed by atoms with E-state index in [0.717, 1.165) is 81.2 Å². The highest BCUT2D eigenvalue weighted by molar-refractivity contribution is 9.10. The molecule has 2 aromatic rings. The van der Waals surface area contributed by atoms with Gasteiger partial charge < -0.3 is 18.9 Å². The van der Waals surface area contributed by atoms with Crippen molar-refractivity contribution in [3.63, 3.8) is 0 Å². The van der Waals surface area contributed by atoms with Gasteiger partial charge in [0.1, 0.15) is 29.5 Å². The summed E-state index contributed by atoms with van der Waals surface area (Å²) in [7, 11) is 1.40. The smallest absolute Gasteiger partial charge is 0.305 e. The lowest BCUT2D eigenvalue weighted by molar-refractivity contribution is -0.140. The van der Waals surface area contributed by atoms with Crippen molar-refractivity contribution in [3.8, 4) is 17.2 Å². The molecule has 2 heterocycles. The molecule has 0 radical (unpaired) electrons. The van der Waals surface area contributed by atoms with Crippen LogP contribution < -0.4 is 19.5 Å². The second-order valence-corrected chi connectivity index (χ2v) is 12.1. The minimum Gasteiger partial charge on any atom is -0.493 e. The molecular weight excluding hydrogens is 598 g/mol. The highest BCUT2D eigenvalue weighted by atomic mass is 79.9. The zero-order valence-corrected chi connectivity index (χ0v) is 25.8. The largest absolute Gasteiger partial charge is 0.493 e. The fourth-order valence-electron chi connectivity index (χ4n) is 4.77. The lowest BCUT2D eigenvalue weighted by atomic mass is 9.87. The zero-order valence-electron chi connectivity index (χ0n) is 23.4. The number of esters is 1. The van der Waals surface area contributed by atoms with E-state index in [2.05, 4.69) is 48.9 Å². The molecule has 1 atom stereocenters. The minimum atomic E-state index is -0.522. The molecular formula is C30H34BrNO7S. The Morgan fingerprint density at radius 3 is 2.60 bits per heavy atom. The van der Waals surface area contributed by atoms with Crippen LogP contribution in [0.5, 0.6) is 17.2 Å². The molecule has 0 saturated carbocycles. The van der Waals surface area contributed by atoms with Crippen LogP contribution in [0.1, 0.15) is 60.4 Å². The van der Waals surface area contributed by atoms with E-state index < -0.39 is 5.60 Å². The number of halogens is 1. The Bertz CT molecular complexity index is 1370. The molecule has 0 spiro atoms. The average molecular weight is 633 g/mol. The van der Waals surface area contributed by atoms with Gasteiger partial charge in [0.05, 0.1) is 23.1 Å². The molecule has 8 nitrogen and oxygen atoms in total. The first-order chi connectivity index (χ1) is 19.0. The van der Waals surface area contributed by atoms with E-state index in [1.165, 1.54) is 7.11 Å². The first-order valence-electron chi connectivity index (χ1n) is 13.2. The monoisotopic (exact) mass is 631 g/mol. The molecule has 2 aliphatic rings. The highest BCUT2D eigenvalue weighted by Gasteiger charge is 2.36. The van der Waals surface area contributed by atoms with Crippen molar-refractivity contribution in [3.05, 3.63) is 55.4 Å². The third kappa shape index (κ3) is 6.83. The third-order valence-corrected chi connectivity index (χ3v) is 8.67. The lowest BCUT2D eigenvalue weighted by Gasteiger charge is -2.38. The van der Waals surface area contributed by atoms with E-state index >= 15 is 0 Å². The quantitative estimate of drug-likeness (QED) is 0.178. The standard InChI is InChI=1S/C30H34BrNO7S/c1-17-18(2)27-21(19(3)26(17)37-13-7-6-8-25(33)36-5)11-12-30(4,39-27)16-38-23-10-9-20(14-22(23)31)15-24-28(34)32-29(35)40-24/h9-10,14-15H,6-8,11-13,16H2,1-5H3,(H,32,34,35)/b24-15+. The summed E-state index contributed by atoms with van der Waals surface area (Å²) in [6, 6.07) is 5.54. The molecule has 10 heteroatoms. The number of nitrogens with one attached hydrogen (secondary N) is 1. The lowest BCUT2D eigenvalue weighted by Crippen LogP contribution is -2.42. The van der Waals surface area contributed by atoms with Gasteiger partial charge >= 0.3 is 5.97 Å². The second kappa shape index (κ2) is 12.7. The molecule has 40 heavy (non-hydrogen) atoms. The van der Waals surface area contributed by atoms with Crippen molar-refractivity contribution in [1.29, 1.82) is 0 Å².